The number of nitrogens with zero attached hydrogens (tertiary/aromatic N) is 2. The third kappa shape index (κ3) is 2.21. The van der Waals surface area contributed by atoms with Crippen LogP contribution in [0.3, 0.4) is 0 Å². The predicted octanol–water partition coefficient (Wildman–Crippen LogP) is 3.56. The van der Waals surface area contributed by atoms with Crippen LogP contribution >= 0.6 is 15.9 Å². The van der Waals surface area contributed by atoms with Gasteiger partial charge in [0.15, 0.2) is 0 Å². The molecule has 0 bridgehead atoms. The highest BCUT2D eigenvalue weighted by atomic mass is 79.9. The third-order valence-electron chi connectivity index (χ3n) is 3.73. The number of carbonyl (C=O) groups is 1. The number of carbonyl (C=O) groups excluding carboxylic acids is 1. The van der Waals surface area contributed by atoms with E-state index in [1.807, 2.05) is 18.3 Å². The zero-order valence-corrected chi connectivity index (χ0v) is 11.7. The van der Waals surface area contributed by atoms with Crippen molar-refractivity contribution in [3.05, 3.63) is 28.9 Å². The fraction of sp³-hybridized carbons (Fsp3) is 0.429. The Labute approximate surface area is 114 Å². The first-order valence-corrected chi connectivity index (χ1v) is 7.15. The number of halogens is 1. The molecule has 3 rings (SSSR count). The van der Waals surface area contributed by atoms with E-state index in [-0.39, 0.29) is 0 Å². The van der Waals surface area contributed by atoms with Gasteiger partial charge in [-0.1, -0.05) is 22.0 Å². The summed E-state index contributed by atoms with van der Waals surface area (Å²) in [5.74, 6) is 1.00. The Morgan fingerprint density at radius 1 is 1.33 bits per heavy atom. The van der Waals surface area contributed by atoms with E-state index in [9.17, 15) is 4.79 Å². The Kier molecular flexibility index (Phi) is 3.20. The number of ketones is 1. The van der Waals surface area contributed by atoms with E-state index in [0.29, 0.717) is 11.7 Å². The number of hydrogen-bond donors (Lipinski definition) is 0. The molecule has 1 aromatic heterocycles. The SMILES string of the molecule is O=C1CCC(Cn2ncc3c(Br)cccc32)CC1. The van der Waals surface area contributed by atoms with Crippen LogP contribution in [0.1, 0.15) is 25.7 Å². The molecule has 0 saturated heterocycles. The van der Waals surface area contributed by atoms with E-state index in [0.717, 1.165) is 42.1 Å². The molecule has 1 aromatic carbocycles. The molecular weight excluding hydrogens is 292 g/mol. The monoisotopic (exact) mass is 306 g/mol. The minimum Gasteiger partial charge on any atom is -0.300 e. The van der Waals surface area contributed by atoms with Gasteiger partial charge in [-0.3, -0.25) is 9.48 Å². The van der Waals surface area contributed by atoms with Crippen molar-refractivity contribution < 1.29 is 4.79 Å². The van der Waals surface area contributed by atoms with Gasteiger partial charge in [0.1, 0.15) is 5.78 Å². The van der Waals surface area contributed by atoms with Crippen LogP contribution in [0, 0.1) is 5.92 Å². The van der Waals surface area contributed by atoms with Crippen LogP contribution in [0.2, 0.25) is 0 Å². The molecule has 0 atom stereocenters. The van der Waals surface area contributed by atoms with Crippen molar-refractivity contribution in [3.63, 3.8) is 0 Å². The highest BCUT2D eigenvalue weighted by Crippen LogP contribution is 2.27. The van der Waals surface area contributed by atoms with Crippen LogP contribution in [0.25, 0.3) is 10.9 Å². The second-order valence-corrected chi connectivity index (χ2v) is 5.84. The van der Waals surface area contributed by atoms with Gasteiger partial charge in [0.25, 0.3) is 0 Å². The molecule has 0 unspecified atom stereocenters. The molecule has 3 nitrogen and oxygen atoms in total. The summed E-state index contributed by atoms with van der Waals surface area (Å²) >= 11 is 3.55. The first-order valence-electron chi connectivity index (χ1n) is 6.36. The molecular formula is C14H15BrN2O. The minimum atomic E-state index is 0.416. The summed E-state index contributed by atoms with van der Waals surface area (Å²) in [4.78, 5) is 11.2. The van der Waals surface area contributed by atoms with Gasteiger partial charge in [0.2, 0.25) is 0 Å². The molecule has 1 aliphatic rings. The molecule has 0 spiro atoms. The van der Waals surface area contributed by atoms with Gasteiger partial charge in [0.05, 0.1) is 11.7 Å². The van der Waals surface area contributed by atoms with E-state index in [2.05, 4.69) is 31.8 Å². The summed E-state index contributed by atoms with van der Waals surface area (Å²) in [6.07, 6.45) is 5.41. The van der Waals surface area contributed by atoms with Crippen molar-refractivity contribution in [1.29, 1.82) is 0 Å². The molecule has 1 aliphatic carbocycles. The minimum absolute atomic E-state index is 0.416. The smallest absolute Gasteiger partial charge is 0.132 e. The largest absolute Gasteiger partial charge is 0.300 e. The molecule has 4 heteroatoms. The maximum Gasteiger partial charge on any atom is 0.132 e. The van der Waals surface area contributed by atoms with Gasteiger partial charge in [-0.15, -0.1) is 0 Å². The summed E-state index contributed by atoms with van der Waals surface area (Å²) < 4.78 is 3.16. The zero-order valence-electron chi connectivity index (χ0n) is 10.1. The molecule has 0 N–H and O–H groups in total. The molecule has 1 fully saturated rings. The lowest BCUT2D eigenvalue weighted by Crippen LogP contribution is -2.19. The van der Waals surface area contributed by atoms with E-state index in [1.54, 1.807) is 0 Å². The van der Waals surface area contributed by atoms with Crippen LogP contribution in [0.5, 0.6) is 0 Å². The van der Waals surface area contributed by atoms with Gasteiger partial charge in [-0.2, -0.15) is 5.10 Å². The van der Waals surface area contributed by atoms with Gasteiger partial charge in [-0.25, -0.2) is 0 Å². The normalized spacial score (nSPS) is 17.5. The molecule has 0 aliphatic heterocycles. The quantitative estimate of drug-likeness (QED) is 0.850. The molecule has 18 heavy (non-hydrogen) atoms. The summed E-state index contributed by atoms with van der Waals surface area (Å²) in [5, 5.41) is 5.63. The Bertz CT molecular complexity index is 580. The zero-order chi connectivity index (χ0) is 12.5. The molecule has 2 aromatic rings. The average molecular weight is 307 g/mol. The van der Waals surface area contributed by atoms with Crippen molar-refractivity contribution in [3.8, 4) is 0 Å². The lowest BCUT2D eigenvalue weighted by Gasteiger charge is -2.21. The van der Waals surface area contributed by atoms with E-state index in [1.165, 1.54) is 5.52 Å². The van der Waals surface area contributed by atoms with Crippen molar-refractivity contribution >= 4 is 32.6 Å². The highest BCUT2D eigenvalue weighted by molar-refractivity contribution is 9.10. The first kappa shape index (κ1) is 11.9. The van der Waals surface area contributed by atoms with E-state index < -0.39 is 0 Å². The third-order valence-corrected chi connectivity index (χ3v) is 4.42. The van der Waals surface area contributed by atoms with E-state index in [4.69, 9.17) is 0 Å². The second-order valence-electron chi connectivity index (χ2n) is 4.98. The van der Waals surface area contributed by atoms with Crippen LogP contribution in [0.4, 0.5) is 0 Å². The van der Waals surface area contributed by atoms with Crippen LogP contribution in [-0.2, 0) is 11.3 Å². The van der Waals surface area contributed by atoms with Gasteiger partial charge in [0, 0.05) is 29.2 Å². The lowest BCUT2D eigenvalue weighted by molar-refractivity contribution is -0.121. The summed E-state index contributed by atoms with van der Waals surface area (Å²) in [6, 6.07) is 6.17. The number of rotatable bonds is 2. The van der Waals surface area contributed by atoms with Crippen LogP contribution in [-0.4, -0.2) is 15.6 Å². The van der Waals surface area contributed by atoms with Crippen molar-refractivity contribution in [1.82, 2.24) is 9.78 Å². The van der Waals surface area contributed by atoms with Crippen molar-refractivity contribution in [2.75, 3.05) is 0 Å². The molecule has 94 valence electrons. The topological polar surface area (TPSA) is 34.9 Å². The van der Waals surface area contributed by atoms with Crippen LogP contribution in [0.15, 0.2) is 28.9 Å². The molecule has 1 saturated carbocycles. The van der Waals surface area contributed by atoms with Gasteiger partial charge >= 0.3 is 0 Å². The fourth-order valence-corrected chi connectivity index (χ4v) is 3.10. The molecule has 1 heterocycles. The predicted molar refractivity (Wildman–Crippen MR) is 74.4 cm³/mol. The number of Topliss-reactive ketones (excluding diaryl/α,β-unsaturated/α-hetero) is 1. The first-order chi connectivity index (χ1) is 8.74. The van der Waals surface area contributed by atoms with Gasteiger partial charge in [-0.05, 0) is 30.9 Å². The summed E-state index contributed by atoms with van der Waals surface area (Å²) in [5.41, 5.74) is 1.17. The van der Waals surface area contributed by atoms with Crippen LogP contribution < -0.4 is 0 Å². The maximum absolute atomic E-state index is 11.2. The van der Waals surface area contributed by atoms with E-state index >= 15 is 0 Å². The number of aromatic nitrogens is 2. The molecule has 0 amide bonds. The molecule has 0 radical (unpaired) electrons. The Balaban J connectivity index is 1.83. The Morgan fingerprint density at radius 2 is 2.11 bits per heavy atom. The summed E-state index contributed by atoms with van der Waals surface area (Å²) in [6.45, 7) is 0.924. The Hall–Kier alpha value is -1.16. The van der Waals surface area contributed by atoms with Gasteiger partial charge < -0.3 is 0 Å². The fourth-order valence-electron chi connectivity index (χ4n) is 2.64. The van der Waals surface area contributed by atoms with Crippen molar-refractivity contribution in [2.24, 2.45) is 5.92 Å². The number of fused-ring (bicyclic) bond motifs is 1. The maximum atomic E-state index is 11.2. The number of hydrogen-bond acceptors (Lipinski definition) is 2. The highest BCUT2D eigenvalue weighted by Gasteiger charge is 2.20. The lowest BCUT2D eigenvalue weighted by atomic mass is 9.88. The summed E-state index contributed by atoms with van der Waals surface area (Å²) in [7, 11) is 0. The number of benzene rings is 1. The Morgan fingerprint density at radius 3 is 2.89 bits per heavy atom. The average Bonchev–Trinajstić information content (AvgIpc) is 2.77. The standard InChI is InChI=1S/C14H15BrN2O/c15-13-2-1-3-14-12(13)8-16-17(14)9-10-4-6-11(18)7-5-10/h1-3,8,10H,4-7,9H2. The second kappa shape index (κ2) is 4.84. The van der Waals surface area contributed by atoms with Crippen molar-refractivity contribution in [2.45, 2.75) is 32.2 Å².